The Kier molecular flexibility index (Phi) is 5.24. The zero-order valence-electron chi connectivity index (χ0n) is 17.8. The summed E-state index contributed by atoms with van der Waals surface area (Å²) >= 11 is 6.68. The van der Waals surface area contributed by atoms with Gasteiger partial charge in [0.1, 0.15) is 5.82 Å². The fourth-order valence-corrected chi connectivity index (χ4v) is 4.45. The molecule has 0 saturated carbocycles. The number of nitrogens with zero attached hydrogens (tertiary/aromatic N) is 5. The largest absolute Gasteiger partial charge is 0.380 e. The van der Waals surface area contributed by atoms with Crippen LogP contribution in [0.5, 0.6) is 0 Å². The maximum atomic E-state index is 6.68. The summed E-state index contributed by atoms with van der Waals surface area (Å²) in [7, 11) is 0. The average molecular weight is 433 g/mol. The molecule has 0 unspecified atom stereocenters. The lowest BCUT2D eigenvalue weighted by atomic mass is 10.0. The normalized spacial score (nSPS) is 13.8. The van der Waals surface area contributed by atoms with Crippen LogP contribution in [0, 0.1) is 13.8 Å². The zero-order valence-corrected chi connectivity index (χ0v) is 18.5. The Morgan fingerprint density at radius 2 is 1.81 bits per heavy atom. The van der Waals surface area contributed by atoms with Crippen molar-refractivity contribution in [3.05, 3.63) is 70.5 Å². The fraction of sp³-hybridized carbons (Fsp3) is 0.292. The van der Waals surface area contributed by atoms with Gasteiger partial charge in [0.2, 0.25) is 0 Å². The first-order valence-electron chi connectivity index (χ1n) is 10.7. The van der Waals surface area contributed by atoms with Crippen LogP contribution in [0.3, 0.4) is 0 Å². The molecule has 0 bridgehead atoms. The number of hydrogen-bond donors (Lipinski definition) is 1. The molecule has 6 nitrogen and oxygen atoms in total. The highest BCUT2D eigenvalue weighted by Crippen LogP contribution is 2.34. The topological polar surface area (TPSA) is 58.9 Å². The predicted molar refractivity (Wildman–Crippen MR) is 126 cm³/mol. The Balaban J connectivity index is 1.57. The molecule has 2 aromatic carbocycles. The van der Waals surface area contributed by atoms with Crippen LogP contribution in [0.1, 0.15) is 29.5 Å². The van der Waals surface area contributed by atoms with E-state index >= 15 is 0 Å². The number of rotatable bonds is 5. The summed E-state index contributed by atoms with van der Waals surface area (Å²) in [6.45, 7) is 7.00. The number of aryl methyl sites for hydroxylation is 2. The van der Waals surface area contributed by atoms with E-state index in [1.54, 1.807) is 10.9 Å². The second kappa shape index (κ2) is 8.19. The highest BCUT2D eigenvalue weighted by Gasteiger charge is 2.20. The van der Waals surface area contributed by atoms with Gasteiger partial charge in [-0.25, -0.2) is 9.67 Å². The minimum atomic E-state index is 0.562. The molecular formula is C24H25ClN6. The van der Waals surface area contributed by atoms with E-state index in [2.05, 4.69) is 53.4 Å². The molecular weight excluding hydrogens is 408 g/mol. The van der Waals surface area contributed by atoms with Gasteiger partial charge in [0, 0.05) is 37.4 Å². The minimum absolute atomic E-state index is 0.562. The number of nitrogens with one attached hydrogen (secondary N) is 1. The summed E-state index contributed by atoms with van der Waals surface area (Å²) in [5.41, 5.74) is 5.56. The number of fused-ring (bicyclic) bond motifs is 1. The van der Waals surface area contributed by atoms with Gasteiger partial charge in [-0.15, -0.1) is 0 Å². The highest BCUT2D eigenvalue weighted by molar-refractivity contribution is 6.34. The lowest BCUT2D eigenvalue weighted by Gasteiger charge is -2.20. The summed E-state index contributed by atoms with van der Waals surface area (Å²) in [4.78, 5) is 12.0. The first-order valence-corrected chi connectivity index (χ1v) is 11.0. The van der Waals surface area contributed by atoms with E-state index in [1.807, 2.05) is 18.3 Å². The third kappa shape index (κ3) is 3.83. The van der Waals surface area contributed by atoms with E-state index in [1.165, 1.54) is 29.5 Å². The van der Waals surface area contributed by atoms with Crippen LogP contribution in [-0.2, 0) is 6.54 Å². The second-order valence-electron chi connectivity index (χ2n) is 8.07. The van der Waals surface area contributed by atoms with Gasteiger partial charge >= 0.3 is 0 Å². The van der Waals surface area contributed by atoms with Crippen LogP contribution < -0.4 is 10.2 Å². The van der Waals surface area contributed by atoms with Crippen LogP contribution in [0.2, 0.25) is 5.02 Å². The SMILES string of the molecule is Cc1cccc(C)c1CNc1cc2c(N3CCCC3)nc(-n3cccn3)nc2cc1Cl. The van der Waals surface area contributed by atoms with Gasteiger partial charge < -0.3 is 10.2 Å². The Morgan fingerprint density at radius 3 is 2.52 bits per heavy atom. The monoisotopic (exact) mass is 432 g/mol. The Hall–Kier alpha value is -3.12. The maximum Gasteiger partial charge on any atom is 0.253 e. The number of anilines is 2. The lowest BCUT2D eigenvalue weighted by Crippen LogP contribution is -2.20. The minimum Gasteiger partial charge on any atom is -0.380 e. The molecule has 158 valence electrons. The van der Waals surface area contributed by atoms with E-state index in [0.29, 0.717) is 11.0 Å². The fourth-order valence-electron chi connectivity index (χ4n) is 4.23. The summed E-state index contributed by atoms with van der Waals surface area (Å²) in [6.07, 6.45) is 5.94. The number of halogens is 1. The Bertz CT molecular complexity index is 1210. The molecule has 2 aromatic heterocycles. The first kappa shape index (κ1) is 19.8. The van der Waals surface area contributed by atoms with Gasteiger partial charge in [0.05, 0.1) is 16.2 Å². The number of hydrogen-bond acceptors (Lipinski definition) is 5. The third-order valence-electron chi connectivity index (χ3n) is 5.97. The van der Waals surface area contributed by atoms with Crippen molar-refractivity contribution < 1.29 is 0 Å². The molecule has 31 heavy (non-hydrogen) atoms. The summed E-state index contributed by atoms with van der Waals surface area (Å²) in [6, 6.07) is 12.3. The van der Waals surface area contributed by atoms with Crippen LogP contribution >= 0.6 is 11.6 Å². The quantitative estimate of drug-likeness (QED) is 0.463. The maximum absolute atomic E-state index is 6.68. The lowest BCUT2D eigenvalue weighted by molar-refractivity contribution is 0.806. The molecule has 7 heteroatoms. The summed E-state index contributed by atoms with van der Waals surface area (Å²) in [5.74, 6) is 1.51. The van der Waals surface area contributed by atoms with Crippen LogP contribution in [0.15, 0.2) is 48.8 Å². The van der Waals surface area contributed by atoms with E-state index in [0.717, 1.165) is 42.0 Å². The van der Waals surface area contributed by atoms with Crippen molar-refractivity contribution >= 4 is 34.0 Å². The molecule has 3 heterocycles. The van der Waals surface area contributed by atoms with Gasteiger partial charge in [0.25, 0.3) is 5.95 Å². The molecule has 1 fully saturated rings. The van der Waals surface area contributed by atoms with Crippen LogP contribution in [0.4, 0.5) is 11.5 Å². The van der Waals surface area contributed by atoms with E-state index in [9.17, 15) is 0 Å². The molecule has 1 aliphatic heterocycles. The van der Waals surface area contributed by atoms with E-state index in [4.69, 9.17) is 21.6 Å². The van der Waals surface area contributed by atoms with Gasteiger partial charge in [0.15, 0.2) is 0 Å². The highest BCUT2D eigenvalue weighted by atomic mass is 35.5. The molecule has 4 aromatic rings. The van der Waals surface area contributed by atoms with E-state index < -0.39 is 0 Å². The Labute approximate surface area is 186 Å². The smallest absolute Gasteiger partial charge is 0.253 e. The van der Waals surface area contributed by atoms with Crippen molar-refractivity contribution in [1.29, 1.82) is 0 Å². The van der Waals surface area contributed by atoms with Crippen LogP contribution in [-0.4, -0.2) is 32.8 Å². The van der Waals surface area contributed by atoms with Crippen LogP contribution in [0.25, 0.3) is 16.9 Å². The molecule has 0 spiro atoms. The summed E-state index contributed by atoms with van der Waals surface area (Å²) < 4.78 is 1.69. The van der Waals surface area contributed by atoms with Gasteiger partial charge in [-0.1, -0.05) is 29.8 Å². The van der Waals surface area contributed by atoms with Gasteiger partial charge in [-0.2, -0.15) is 10.1 Å². The van der Waals surface area contributed by atoms with E-state index in [-0.39, 0.29) is 0 Å². The molecule has 1 aliphatic rings. The van der Waals surface area contributed by atoms with Crippen molar-refractivity contribution in [1.82, 2.24) is 19.7 Å². The standard InChI is InChI=1S/C24H25ClN6/c1-16-7-5-8-17(2)19(16)15-26-22-13-18-21(14-20(22)25)28-24(31-12-6-9-27-31)29-23(18)30-10-3-4-11-30/h5-9,12-14,26H,3-4,10-11,15H2,1-2H3. The first-order chi connectivity index (χ1) is 15.1. The van der Waals surface area contributed by atoms with Gasteiger partial charge in [-0.05, 0) is 61.6 Å². The second-order valence-corrected chi connectivity index (χ2v) is 8.47. The number of benzene rings is 2. The molecule has 5 rings (SSSR count). The van der Waals surface area contributed by atoms with Gasteiger partial charge in [-0.3, -0.25) is 0 Å². The summed E-state index contributed by atoms with van der Waals surface area (Å²) in [5, 5.41) is 9.50. The Morgan fingerprint density at radius 1 is 1.03 bits per heavy atom. The van der Waals surface area contributed by atoms with Crippen molar-refractivity contribution in [2.45, 2.75) is 33.2 Å². The molecule has 1 saturated heterocycles. The van der Waals surface area contributed by atoms with Crippen molar-refractivity contribution in [3.63, 3.8) is 0 Å². The zero-order chi connectivity index (χ0) is 21.4. The number of aromatic nitrogens is 4. The molecule has 0 radical (unpaired) electrons. The molecule has 0 atom stereocenters. The predicted octanol–water partition coefficient (Wildman–Crippen LogP) is 5.30. The van der Waals surface area contributed by atoms with Crippen molar-refractivity contribution in [2.24, 2.45) is 0 Å². The molecule has 1 N–H and O–H groups in total. The van der Waals surface area contributed by atoms with Crippen molar-refractivity contribution in [2.75, 3.05) is 23.3 Å². The molecule has 0 aliphatic carbocycles. The van der Waals surface area contributed by atoms with Crippen molar-refractivity contribution in [3.8, 4) is 5.95 Å². The average Bonchev–Trinajstić information content (AvgIpc) is 3.47. The molecule has 0 amide bonds. The third-order valence-corrected chi connectivity index (χ3v) is 6.28.